The molecule has 0 saturated heterocycles. The third-order valence-electron chi connectivity index (χ3n) is 7.88. The summed E-state index contributed by atoms with van der Waals surface area (Å²) in [6.45, 7) is 4.24. The molecule has 5 atom stereocenters. The van der Waals surface area contributed by atoms with Gasteiger partial charge < -0.3 is 20.5 Å². The first-order chi connectivity index (χ1) is 17.4. The van der Waals surface area contributed by atoms with Gasteiger partial charge in [-0.25, -0.2) is 0 Å². The highest BCUT2D eigenvalue weighted by Crippen LogP contribution is 2.38. The van der Waals surface area contributed by atoms with Gasteiger partial charge >= 0.3 is 0 Å². The Hall–Kier alpha value is -3.45. The third kappa shape index (κ3) is 4.55. The minimum atomic E-state index is -0.463. The van der Waals surface area contributed by atoms with Crippen molar-refractivity contribution in [3.05, 3.63) is 71.5 Å². The van der Waals surface area contributed by atoms with Crippen molar-refractivity contribution >= 4 is 28.4 Å². The molecule has 7 heteroatoms. The van der Waals surface area contributed by atoms with E-state index in [1.54, 1.807) is 14.0 Å². The molecule has 188 valence electrons. The Morgan fingerprint density at radius 1 is 1.06 bits per heavy atom. The summed E-state index contributed by atoms with van der Waals surface area (Å²) in [5.74, 6) is -1.09. The number of carbonyl (C=O) groups excluding carboxylic acids is 3. The van der Waals surface area contributed by atoms with Crippen molar-refractivity contribution in [2.24, 2.45) is 5.92 Å². The summed E-state index contributed by atoms with van der Waals surface area (Å²) >= 11 is 0. The maximum atomic E-state index is 13.6. The zero-order valence-electron chi connectivity index (χ0n) is 21.1. The number of fused-ring (bicyclic) bond motifs is 1. The normalized spacial score (nSPS) is 22.9. The molecule has 0 saturated carbocycles. The number of rotatable bonds is 6. The second-order valence-electron chi connectivity index (χ2n) is 10.2. The molecule has 2 heterocycles. The van der Waals surface area contributed by atoms with Gasteiger partial charge in [0.15, 0.2) is 0 Å². The number of Topliss-reactive ketones (excluding diaryl/α,β-unsaturated/α-hetero) is 1. The maximum Gasteiger partial charge on any atom is 0.237 e. The lowest BCUT2D eigenvalue weighted by Crippen LogP contribution is -2.50. The number of amides is 2. The van der Waals surface area contributed by atoms with Crippen LogP contribution in [0.2, 0.25) is 0 Å². The lowest BCUT2D eigenvalue weighted by atomic mass is 9.79. The number of aromatic nitrogens is 1. The van der Waals surface area contributed by atoms with E-state index in [0.29, 0.717) is 13.0 Å². The predicted molar refractivity (Wildman–Crippen MR) is 140 cm³/mol. The van der Waals surface area contributed by atoms with Crippen LogP contribution in [0.4, 0.5) is 0 Å². The summed E-state index contributed by atoms with van der Waals surface area (Å²) in [7, 11) is 1.74. The Morgan fingerprint density at radius 3 is 2.61 bits per heavy atom. The lowest BCUT2D eigenvalue weighted by molar-refractivity contribution is -0.131. The van der Waals surface area contributed by atoms with Crippen LogP contribution in [0.1, 0.15) is 55.5 Å². The second kappa shape index (κ2) is 9.90. The van der Waals surface area contributed by atoms with Gasteiger partial charge in [-0.15, -0.1) is 0 Å². The summed E-state index contributed by atoms with van der Waals surface area (Å²) in [5, 5.41) is 11.5. The fourth-order valence-corrected chi connectivity index (χ4v) is 5.66. The fraction of sp³-hybridized carbons (Fsp3) is 0.414. The highest BCUT2D eigenvalue weighted by molar-refractivity contribution is 5.93. The Balaban J connectivity index is 1.34. The van der Waals surface area contributed by atoms with Gasteiger partial charge in [-0.1, -0.05) is 36.4 Å². The van der Waals surface area contributed by atoms with Crippen LogP contribution in [0.25, 0.3) is 10.8 Å². The van der Waals surface area contributed by atoms with E-state index in [9.17, 15) is 14.4 Å². The molecule has 1 aliphatic heterocycles. The highest BCUT2D eigenvalue weighted by Gasteiger charge is 2.42. The minimum Gasteiger partial charge on any atom is -0.351 e. The average molecular weight is 487 g/mol. The van der Waals surface area contributed by atoms with Gasteiger partial charge in [0.2, 0.25) is 11.8 Å². The standard InChI is InChI=1S/C29H34N4O3/c1-17(21-9-8-19-6-4-5-7-22(19)14-21)31-29(36)23-15-25(34)26-24(32-28(35)18(2)30-3)11-10-20-12-13-33(16-23)27(20)26/h4-9,12-14,17-18,23-24,26,30H,10-11,15-16H2,1-3H3,(H,31,36)(H,32,35). The van der Waals surface area contributed by atoms with Gasteiger partial charge in [0.05, 0.1) is 23.9 Å². The molecule has 36 heavy (non-hydrogen) atoms. The zero-order valence-corrected chi connectivity index (χ0v) is 21.1. The number of nitrogens with zero attached hydrogens (tertiary/aromatic N) is 1. The summed E-state index contributed by atoms with van der Waals surface area (Å²) in [5.41, 5.74) is 3.14. The van der Waals surface area contributed by atoms with Crippen LogP contribution in [0, 0.1) is 5.92 Å². The summed E-state index contributed by atoms with van der Waals surface area (Å²) in [6, 6.07) is 15.6. The average Bonchev–Trinajstić information content (AvgIpc) is 3.22. The number of hydrogen-bond acceptors (Lipinski definition) is 4. The van der Waals surface area contributed by atoms with Gasteiger partial charge in [0.1, 0.15) is 5.78 Å². The van der Waals surface area contributed by atoms with Crippen molar-refractivity contribution in [3.63, 3.8) is 0 Å². The van der Waals surface area contributed by atoms with Crippen LogP contribution in [-0.4, -0.2) is 41.3 Å². The van der Waals surface area contributed by atoms with E-state index in [1.807, 2.05) is 31.3 Å². The van der Waals surface area contributed by atoms with Gasteiger partial charge in [0.25, 0.3) is 0 Å². The van der Waals surface area contributed by atoms with Crippen LogP contribution in [0.5, 0.6) is 0 Å². The lowest BCUT2D eigenvalue weighted by Gasteiger charge is -2.32. The molecule has 0 spiro atoms. The van der Waals surface area contributed by atoms with E-state index in [-0.39, 0.29) is 42.1 Å². The third-order valence-corrected chi connectivity index (χ3v) is 7.88. The van der Waals surface area contributed by atoms with E-state index in [2.05, 4.69) is 50.8 Å². The molecule has 0 radical (unpaired) electrons. The van der Waals surface area contributed by atoms with Crippen molar-refractivity contribution in [2.75, 3.05) is 7.05 Å². The molecular formula is C29H34N4O3. The monoisotopic (exact) mass is 486 g/mol. The van der Waals surface area contributed by atoms with Gasteiger partial charge in [-0.2, -0.15) is 0 Å². The van der Waals surface area contributed by atoms with E-state index >= 15 is 0 Å². The Morgan fingerprint density at radius 2 is 1.83 bits per heavy atom. The summed E-state index contributed by atoms with van der Waals surface area (Å²) in [6.07, 6.45) is 3.67. The van der Waals surface area contributed by atoms with Crippen LogP contribution in [0.15, 0.2) is 54.7 Å². The molecule has 0 fully saturated rings. The smallest absolute Gasteiger partial charge is 0.237 e. The molecule has 1 aromatic heterocycles. The molecular weight excluding hydrogens is 452 g/mol. The van der Waals surface area contributed by atoms with Gasteiger partial charge in [-0.05, 0) is 67.8 Å². The molecule has 3 N–H and O–H groups in total. The van der Waals surface area contributed by atoms with Gasteiger partial charge in [0, 0.05) is 30.9 Å². The summed E-state index contributed by atoms with van der Waals surface area (Å²) < 4.78 is 2.07. The van der Waals surface area contributed by atoms with E-state index in [1.165, 1.54) is 0 Å². The van der Waals surface area contributed by atoms with E-state index < -0.39 is 11.8 Å². The van der Waals surface area contributed by atoms with E-state index in [4.69, 9.17) is 0 Å². The molecule has 0 bridgehead atoms. The van der Waals surface area contributed by atoms with Gasteiger partial charge in [-0.3, -0.25) is 14.4 Å². The Bertz CT molecular complexity index is 1310. The SMILES string of the molecule is CNC(C)C(=O)NC1CCc2ccn3c2C1C(=O)CC(C(=O)NC(C)c1ccc2ccccc2c1)C3. The number of nitrogens with one attached hydrogen (secondary N) is 3. The number of ketones is 1. The first kappa shape index (κ1) is 24.3. The number of aryl methyl sites for hydroxylation is 1. The minimum absolute atomic E-state index is 0.0225. The van der Waals surface area contributed by atoms with Crippen molar-refractivity contribution < 1.29 is 14.4 Å². The maximum absolute atomic E-state index is 13.6. The fourth-order valence-electron chi connectivity index (χ4n) is 5.66. The van der Waals surface area contributed by atoms with Crippen molar-refractivity contribution in [1.29, 1.82) is 0 Å². The molecule has 5 unspecified atom stereocenters. The van der Waals surface area contributed by atoms with Crippen LogP contribution in [0.3, 0.4) is 0 Å². The van der Waals surface area contributed by atoms with Crippen molar-refractivity contribution in [3.8, 4) is 0 Å². The van der Waals surface area contributed by atoms with Crippen LogP contribution >= 0.6 is 0 Å². The molecule has 5 rings (SSSR count). The van der Waals surface area contributed by atoms with E-state index in [0.717, 1.165) is 34.0 Å². The predicted octanol–water partition coefficient (Wildman–Crippen LogP) is 3.23. The molecule has 7 nitrogen and oxygen atoms in total. The molecule has 2 aromatic carbocycles. The second-order valence-corrected chi connectivity index (χ2v) is 10.2. The summed E-state index contributed by atoms with van der Waals surface area (Å²) in [4.78, 5) is 39.6. The number of carbonyl (C=O) groups is 3. The topological polar surface area (TPSA) is 92.2 Å². The van der Waals surface area contributed by atoms with Crippen molar-refractivity contribution in [2.45, 2.75) is 63.7 Å². The molecule has 2 amide bonds. The Labute approximate surface area is 211 Å². The first-order valence-electron chi connectivity index (χ1n) is 12.8. The number of hydrogen-bond donors (Lipinski definition) is 3. The first-order valence-corrected chi connectivity index (χ1v) is 12.8. The quantitative estimate of drug-likeness (QED) is 0.499. The van der Waals surface area contributed by atoms with Crippen LogP contribution in [-0.2, 0) is 27.3 Å². The molecule has 2 aliphatic rings. The Kier molecular flexibility index (Phi) is 6.67. The number of likely N-dealkylation sites (N-methyl/N-ethyl adjacent to an activating group) is 1. The largest absolute Gasteiger partial charge is 0.351 e. The molecule has 1 aliphatic carbocycles. The zero-order chi connectivity index (χ0) is 25.4. The highest BCUT2D eigenvalue weighted by atomic mass is 16.2. The van der Waals surface area contributed by atoms with Crippen molar-refractivity contribution in [1.82, 2.24) is 20.5 Å². The molecule has 3 aromatic rings. The number of benzene rings is 2. The van der Waals surface area contributed by atoms with Crippen LogP contribution < -0.4 is 16.0 Å².